The first-order chi connectivity index (χ1) is 9.10. The van der Waals surface area contributed by atoms with Crippen LogP contribution in [-0.2, 0) is 0 Å². The van der Waals surface area contributed by atoms with Crippen molar-refractivity contribution < 1.29 is 9.53 Å². The molecule has 1 aromatic carbocycles. The van der Waals surface area contributed by atoms with Crippen molar-refractivity contribution in [1.82, 2.24) is 5.32 Å². The van der Waals surface area contributed by atoms with Gasteiger partial charge in [0.05, 0.1) is 18.7 Å². The van der Waals surface area contributed by atoms with Gasteiger partial charge in [0, 0.05) is 5.02 Å². The summed E-state index contributed by atoms with van der Waals surface area (Å²) in [6, 6.07) is 7.05. The molecule has 0 aromatic heterocycles. The molecule has 2 rings (SSSR count). The van der Waals surface area contributed by atoms with Crippen molar-refractivity contribution in [3.63, 3.8) is 0 Å². The highest BCUT2D eigenvalue weighted by Crippen LogP contribution is 2.30. The number of nitrogens with one attached hydrogen (secondary N) is 1. The monoisotopic (exact) mass is 278 g/mol. The number of amides is 1. The summed E-state index contributed by atoms with van der Waals surface area (Å²) in [4.78, 5) is 12.3. The van der Waals surface area contributed by atoms with Crippen LogP contribution in [0, 0.1) is 11.3 Å². The number of halogens is 1. The van der Waals surface area contributed by atoms with Gasteiger partial charge in [-0.1, -0.05) is 11.6 Å². The standard InChI is InChI=1S/C14H15ClN2O2/c1-19-12-8-10(15)4-5-11(12)13(18)17-14(9-16)6-2-3-7-14/h4-5,8H,2-3,6-7H2,1H3,(H,17,18). The zero-order chi connectivity index (χ0) is 13.9. The van der Waals surface area contributed by atoms with E-state index in [1.807, 2.05) is 0 Å². The van der Waals surface area contributed by atoms with Crippen LogP contribution in [0.3, 0.4) is 0 Å². The molecule has 19 heavy (non-hydrogen) atoms. The first kappa shape index (κ1) is 13.7. The highest BCUT2D eigenvalue weighted by Gasteiger charge is 2.36. The van der Waals surface area contributed by atoms with Gasteiger partial charge in [-0.3, -0.25) is 4.79 Å². The van der Waals surface area contributed by atoms with Gasteiger partial charge in [0.2, 0.25) is 0 Å². The average Bonchev–Trinajstić information content (AvgIpc) is 2.87. The lowest BCUT2D eigenvalue weighted by Crippen LogP contribution is -2.45. The van der Waals surface area contributed by atoms with E-state index >= 15 is 0 Å². The second kappa shape index (κ2) is 5.50. The first-order valence-corrected chi connectivity index (χ1v) is 6.55. The Kier molecular flexibility index (Phi) is 3.96. The Labute approximate surface area is 117 Å². The number of nitrogens with zero attached hydrogens (tertiary/aromatic N) is 1. The molecule has 1 aromatic rings. The minimum atomic E-state index is -0.734. The van der Waals surface area contributed by atoms with E-state index in [-0.39, 0.29) is 5.91 Å². The molecule has 0 unspecified atom stereocenters. The molecule has 0 saturated heterocycles. The lowest BCUT2D eigenvalue weighted by Gasteiger charge is -2.22. The Morgan fingerprint density at radius 2 is 2.16 bits per heavy atom. The van der Waals surface area contributed by atoms with Crippen LogP contribution in [0.15, 0.2) is 18.2 Å². The zero-order valence-corrected chi connectivity index (χ0v) is 11.5. The van der Waals surface area contributed by atoms with Crippen molar-refractivity contribution in [3.8, 4) is 11.8 Å². The third-order valence-corrected chi connectivity index (χ3v) is 3.67. The number of ether oxygens (including phenoxy) is 1. The Morgan fingerprint density at radius 1 is 1.47 bits per heavy atom. The fourth-order valence-electron chi connectivity index (χ4n) is 2.38. The number of hydrogen-bond acceptors (Lipinski definition) is 3. The van der Waals surface area contributed by atoms with Crippen molar-refractivity contribution in [1.29, 1.82) is 5.26 Å². The van der Waals surface area contributed by atoms with Crippen LogP contribution >= 0.6 is 11.6 Å². The molecular formula is C14H15ClN2O2. The van der Waals surface area contributed by atoms with E-state index in [9.17, 15) is 10.1 Å². The van der Waals surface area contributed by atoms with E-state index in [1.165, 1.54) is 7.11 Å². The Balaban J connectivity index is 2.23. The third-order valence-electron chi connectivity index (χ3n) is 3.43. The number of carbonyl (C=O) groups excluding carboxylic acids is 1. The number of rotatable bonds is 3. The molecule has 0 spiro atoms. The van der Waals surface area contributed by atoms with E-state index in [2.05, 4.69) is 11.4 Å². The highest BCUT2D eigenvalue weighted by molar-refractivity contribution is 6.30. The normalized spacial score (nSPS) is 16.7. The fraction of sp³-hybridized carbons (Fsp3) is 0.429. The number of nitriles is 1. The van der Waals surface area contributed by atoms with Gasteiger partial charge in [-0.15, -0.1) is 0 Å². The van der Waals surface area contributed by atoms with E-state index in [0.29, 0.717) is 29.2 Å². The largest absolute Gasteiger partial charge is 0.496 e. The molecule has 0 bridgehead atoms. The molecule has 0 aliphatic heterocycles. The lowest BCUT2D eigenvalue weighted by atomic mass is 9.99. The Bertz CT molecular complexity index is 531. The lowest BCUT2D eigenvalue weighted by molar-refractivity contribution is 0.0917. The van der Waals surface area contributed by atoms with Crippen LogP contribution < -0.4 is 10.1 Å². The van der Waals surface area contributed by atoms with E-state index in [0.717, 1.165) is 12.8 Å². The minimum absolute atomic E-state index is 0.294. The van der Waals surface area contributed by atoms with E-state index < -0.39 is 5.54 Å². The second-order valence-corrected chi connectivity index (χ2v) is 5.14. The van der Waals surface area contributed by atoms with Gasteiger partial charge in [-0.25, -0.2) is 0 Å². The molecule has 1 saturated carbocycles. The number of benzene rings is 1. The van der Waals surface area contributed by atoms with Gasteiger partial charge < -0.3 is 10.1 Å². The molecule has 100 valence electrons. The maximum atomic E-state index is 12.3. The van der Waals surface area contributed by atoms with Crippen LogP contribution in [0.2, 0.25) is 5.02 Å². The maximum absolute atomic E-state index is 12.3. The van der Waals surface area contributed by atoms with Crippen molar-refractivity contribution >= 4 is 17.5 Å². The Morgan fingerprint density at radius 3 is 2.74 bits per heavy atom. The number of methoxy groups -OCH3 is 1. The van der Waals surface area contributed by atoms with Crippen LogP contribution in [0.4, 0.5) is 0 Å². The predicted molar refractivity (Wildman–Crippen MR) is 72.3 cm³/mol. The topological polar surface area (TPSA) is 62.1 Å². The molecule has 0 heterocycles. The van der Waals surface area contributed by atoms with Crippen LogP contribution in [0.25, 0.3) is 0 Å². The summed E-state index contributed by atoms with van der Waals surface area (Å²) >= 11 is 5.86. The van der Waals surface area contributed by atoms with Crippen molar-refractivity contribution in [2.24, 2.45) is 0 Å². The maximum Gasteiger partial charge on any atom is 0.256 e. The van der Waals surface area contributed by atoms with Crippen LogP contribution in [0.5, 0.6) is 5.75 Å². The van der Waals surface area contributed by atoms with Gasteiger partial charge in [-0.2, -0.15) is 5.26 Å². The molecule has 5 heteroatoms. The van der Waals surface area contributed by atoms with E-state index in [4.69, 9.17) is 16.3 Å². The third kappa shape index (κ3) is 2.82. The average molecular weight is 279 g/mol. The summed E-state index contributed by atoms with van der Waals surface area (Å²) < 4.78 is 5.15. The Hall–Kier alpha value is -1.73. The smallest absolute Gasteiger partial charge is 0.256 e. The van der Waals surface area contributed by atoms with Crippen molar-refractivity contribution in [2.45, 2.75) is 31.2 Å². The highest BCUT2D eigenvalue weighted by atomic mass is 35.5. The van der Waals surface area contributed by atoms with Crippen molar-refractivity contribution in [2.75, 3.05) is 7.11 Å². The summed E-state index contributed by atoms with van der Waals surface area (Å²) in [6.45, 7) is 0. The summed E-state index contributed by atoms with van der Waals surface area (Å²) in [5, 5.41) is 12.6. The summed E-state index contributed by atoms with van der Waals surface area (Å²) in [5.41, 5.74) is -0.338. The van der Waals surface area contributed by atoms with Crippen molar-refractivity contribution in [3.05, 3.63) is 28.8 Å². The first-order valence-electron chi connectivity index (χ1n) is 6.17. The van der Waals surface area contributed by atoms with Gasteiger partial charge in [0.15, 0.2) is 0 Å². The molecule has 1 amide bonds. The molecule has 4 nitrogen and oxygen atoms in total. The molecular weight excluding hydrogens is 264 g/mol. The second-order valence-electron chi connectivity index (χ2n) is 4.70. The van der Waals surface area contributed by atoms with Crippen LogP contribution in [0.1, 0.15) is 36.0 Å². The molecule has 1 fully saturated rings. The summed E-state index contributed by atoms with van der Waals surface area (Å²) in [5.74, 6) is 0.119. The van der Waals surface area contributed by atoms with Crippen LogP contribution in [-0.4, -0.2) is 18.6 Å². The van der Waals surface area contributed by atoms with Gasteiger partial charge in [0.1, 0.15) is 11.3 Å². The van der Waals surface area contributed by atoms with Gasteiger partial charge in [-0.05, 0) is 43.9 Å². The molecule has 1 aliphatic carbocycles. The molecule has 1 N–H and O–H groups in total. The number of carbonyl (C=O) groups is 1. The zero-order valence-electron chi connectivity index (χ0n) is 10.7. The SMILES string of the molecule is COc1cc(Cl)ccc1C(=O)NC1(C#N)CCCC1. The molecule has 0 atom stereocenters. The number of hydrogen-bond donors (Lipinski definition) is 1. The minimum Gasteiger partial charge on any atom is -0.496 e. The van der Waals surface area contributed by atoms with Gasteiger partial charge >= 0.3 is 0 Å². The van der Waals surface area contributed by atoms with Gasteiger partial charge in [0.25, 0.3) is 5.91 Å². The van der Waals surface area contributed by atoms with E-state index in [1.54, 1.807) is 18.2 Å². The predicted octanol–water partition coefficient (Wildman–Crippen LogP) is 2.91. The molecule has 0 radical (unpaired) electrons. The fourth-order valence-corrected chi connectivity index (χ4v) is 2.54. The molecule has 1 aliphatic rings. The quantitative estimate of drug-likeness (QED) is 0.925. The summed E-state index contributed by atoms with van der Waals surface area (Å²) in [6.07, 6.45) is 3.33. The summed E-state index contributed by atoms with van der Waals surface area (Å²) in [7, 11) is 1.48.